The number of anilines is 1. The zero-order valence-corrected chi connectivity index (χ0v) is 9.20. The minimum absolute atomic E-state index is 0.0554. The normalized spacial score (nSPS) is 9.62. The fourth-order valence-electron chi connectivity index (χ4n) is 1.25. The van der Waals surface area contributed by atoms with Crippen LogP contribution in [0.3, 0.4) is 0 Å². The van der Waals surface area contributed by atoms with Crippen molar-refractivity contribution < 1.29 is 14.7 Å². The lowest BCUT2D eigenvalue weighted by molar-refractivity contribution is -0.118. The van der Waals surface area contributed by atoms with Gasteiger partial charge in [-0.25, -0.2) is 4.79 Å². The number of carboxylic acid groups (broad SMARTS) is 1. The molecule has 1 amide bonds. The minimum Gasteiger partial charge on any atom is -0.478 e. The zero-order valence-electron chi connectivity index (χ0n) is 9.20. The first-order valence-electron chi connectivity index (χ1n) is 4.83. The third-order valence-corrected chi connectivity index (χ3v) is 2.12. The predicted molar refractivity (Wildman–Crippen MR) is 60.7 cm³/mol. The van der Waals surface area contributed by atoms with Crippen molar-refractivity contribution in [3.8, 4) is 0 Å². The summed E-state index contributed by atoms with van der Waals surface area (Å²) in [5.74, 6) is -1.21. The summed E-state index contributed by atoms with van der Waals surface area (Å²) in [6, 6.07) is 5.01. The highest BCUT2D eigenvalue weighted by Gasteiger charge is 2.10. The van der Waals surface area contributed by atoms with Crippen LogP contribution in [-0.4, -0.2) is 30.6 Å². The summed E-state index contributed by atoms with van der Waals surface area (Å²) < 4.78 is 0. The number of carbonyl (C=O) groups excluding carboxylic acids is 1. The van der Waals surface area contributed by atoms with Crippen LogP contribution in [0.15, 0.2) is 18.2 Å². The Morgan fingerprint density at radius 1 is 1.38 bits per heavy atom. The molecule has 0 heterocycles. The number of rotatable bonds is 4. The molecule has 5 nitrogen and oxygen atoms in total. The summed E-state index contributed by atoms with van der Waals surface area (Å²) >= 11 is 0. The van der Waals surface area contributed by atoms with E-state index in [1.165, 1.54) is 7.05 Å². The van der Waals surface area contributed by atoms with Gasteiger partial charge in [-0.3, -0.25) is 4.79 Å². The number of hydrogen-bond acceptors (Lipinski definition) is 3. The number of carboxylic acids is 1. The third-order valence-electron chi connectivity index (χ3n) is 2.12. The van der Waals surface area contributed by atoms with Crippen LogP contribution in [0.2, 0.25) is 0 Å². The molecule has 0 fully saturated rings. The van der Waals surface area contributed by atoms with E-state index in [4.69, 9.17) is 5.11 Å². The molecule has 0 saturated heterocycles. The largest absolute Gasteiger partial charge is 0.478 e. The smallest absolute Gasteiger partial charge is 0.337 e. The first-order valence-corrected chi connectivity index (χ1v) is 4.83. The highest BCUT2D eigenvalue weighted by atomic mass is 16.4. The molecule has 0 aliphatic carbocycles. The van der Waals surface area contributed by atoms with Crippen molar-refractivity contribution in [3.63, 3.8) is 0 Å². The number of aromatic carboxylic acids is 1. The molecule has 86 valence electrons. The molecular weight excluding hydrogens is 208 g/mol. The molecule has 0 unspecified atom stereocenters. The average molecular weight is 222 g/mol. The molecule has 3 N–H and O–H groups in total. The summed E-state index contributed by atoms with van der Waals surface area (Å²) in [5, 5.41) is 14.2. The summed E-state index contributed by atoms with van der Waals surface area (Å²) in [4.78, 5) is 22.0. The lowest BCUT2D eigenvalue weighted by Crippen LogP contribution is -2.26. The fraction of sp³-hybridized carbons (Fsp3) is 0.273. The molecule has 0 radical (unpaired) electrons. The van der Waals surface area contributed by atoms with E-state index in [2.05, 4.69) is 10.6 Å². The van der Waals surface area contributed by atoms with Crippen LogP contribution in [0, 0.1) is 6.92 Å². The lowest BCUT2D eigenvalue weighted by Gasteiger charge is -2.09. The van der Waals surface area contributed by atoms with E-state index in [0.717, 1.165) is 5.56 Å². The molecule has 16 heavy (non-hydrogen) atoms. The van der Waals surface area contributed by atoms with Crippen LogP contribution >= 0.6 is 0 Å². The Balaban J connectivity index is 2.87. The van der Waals surface area contributed by atoms with E-state index in [1.54, 1.807) is 18.2 Å². The van der Waals surface area contributed by atoms with Gasteiger partial charge in [-0.1, -0.05) is 11.6 Å². The quantitative estimate of drug-likeness (QED) is 0.705. The molecule has 0 aromatic heterocycles. The monoisotopic (exact) mass is 222 g/mol. The van der Waals surface area contributed by atoms with E-state index in [-0.39, 0.29) is 18.0 Å². The number of likely N-dealkylation sites (N-methyl/N-ethyl adjacent to an activating group) is 1. The van der Waals surface area contributed by atoms with Crippen molar-refractivity contribution in [1.29, 1.82) is 0 Å². The van der Waals surface area contributed by atoms with Crippen molar-refractivity contribution in [3.05, 3.63) is 29.3 Å². The van der Waals surface area contributed by atoms with Gasteiger partial charge < -0.3 is 15.7 Å². The Morgan fingerprint density at radius 3 is 2.62 bits per heavy atom. The van der Waals surface area contributed by atoms with Gasteiger partial charge in [0.15, 0.2) is 0 Å². The first-order chi connectivity index (χ1) is 7.54. The Morgan fingerprint density at radius 2 is 2.06 bits per heavy atom. The Labute approximate surface area is 93.5 Å². The summed E-state index contributed by atoms with van der Waals surface area (Å²) in [5.41, 5.74) is 1.48. The molecule has 0 atom stereocenters. The maximum absolute atomic E-state index is 11.0. The highest BCUT2D eigenvalue weighted by Crippen LogP contribution is 2.16. The second-order valence-electron chi connectivity index (χ2n) is 3.38. The van der Waals surface area contributed by atoms with E-state index >= 15 is 0 Å². The number of benzene rings is 1. The van der Waals surface area contributed by atoms with Crippen LogP contribution in [-0.2, 0) is 4.79 Å². The van der Waals surface area contributed by atoms with Crippen molar-refractivity contribution in [2.24, 2.45) is 0 Å². The maximum atomic E-state index is 11.0. The molecule has 0 aliphatic heterocycles. The topological polar surface area (TPSA) is 78.4 Å². The number of hydrogen-bond donors (Lipinski definition) is 3. The SMILES string of the molecule is CNC(=O)CNc1ccc(C)cc1C(=O)O. The third kappa shape index (κ3) is 2.98. The van der Waals surface area contributed by atoms with Crippen molar-refractivity contribution in [2.75, 3.05) is 18.9 Å². The van der Waals surface area contributed by atoms with Gasteiger partial charge >= 0.3 is 5.97 Å². The van der Waals surface area contributed by atoms with Gasteiger partial charge in [0, 0.05) is 12.7 Å². The van der Waals surface area contributed by atoms with E-state index in [1.807, 2.05) is 6.92 Å². The second-order valence-corrected chi connectivity index (χ2v) is 3.38. The molecule has 0 saturated carbocycles. The van der Waals surface area contributed by atoms with E-state index in [0.29, 0.717) is 5.69 Å². The van der Waals surface area contributed by atoms with E-state index in [9.17, 15) is 9.59 Å². The molecule has 0 aliphatic rings. The standard InChI is InChI=1S/C11H14N2O3/c1-7-3-4-9(8(5-7)11(15)16)13-6-10(14)12-2/h3-5,13H,6H2,1-2H3,(H,12,14)(H,15,16). The summed E-state index contributed by atoms with van der Waals surface area (Å²) in [6.07, 6.45) is 0. The molecule has 1 rings (SSSR count). The number of amides is 1. The molecule has 5 heteroatoms. The number of aryl methyl sites for hydroxylation is 1. The van der Waals surface area contributed by atoms with Crippen LogP contribution in [0.1, 0.15) is 15.9 Å². The maximum Gasteiger partial charge on any atom is 0.337 e. The molecule has 1 aromatic rings. The van der Waals surface area contributed by atoms with Crippen molar-refractivity contribution in [2.45, 2.75) is 6.92 Å². The summed E-state index contributed by atoms with van der Waals surface area (Å²) in [6.45, 7) is 1.87. The fourth-order valence-corrected chi connectivity index (χ4v) is 1.25. The molecule has 0 spiro atoms. The van der Waals surface area contributed by atoms with Gasteiger partial charge in [0.2, 0.25) is 5.91 Å². The van der Waals surface area contributed by atoms with Crippen LogP contribution < -0.4 is 10.6 Å². The number of nitrogens with one attached hydrogen (secondary N) is 2. The molecular formula is C11H14N2O3. The van der Waals surface area contributed by atoms with Crippen LogP contribution in [0.25, 0.3) is 0 Å². The van der Waals surface area contributed by atoms with Gasteiger partial charge in [0.05, 0.1) is 12.1 Å². The van der Waals surface area contributed by atoms with Gasteiger partial charge in [0.1, 0.15) is 0 Å². The first kappa shape index (κ1) is 12.0. The second kappa shape index (κ2) is 5.16. The van der Waals surface area contributed by atoms with Crippen LogP contribution in [0.4, 0.5) is 5.69 Å². The van der Waals surface area contributed by atoms with Crippen LogP contribution in [0.5, 0.6) is 0 Å². The Bertz CT molecular complexity index is 416. The Kier molecular flexibility index (Phi) is 3.88. The Hall–Kier alpha value is -2.04. The van der Waals surface area contributed by atoms with Crippen molar-refractivity contribution in [1.82, 2.24) is 5.32 Å². The summed E-state index contributed by atoms with van der Waals surface area (Å²) in [7, 11) is 1.53. The highest BCUT2D eigenvalue weighted by molar-refractivity contribution is 5.95. The number of carbonyl (C=O) groups is 2. The molecule has 0 bridgehead atoms. The lowest BCUT2D eigenvalue weighted by atomic mass is 10.1. The van der Waals surface area contributed by atoms with Crippen molar-refractivity contribution >= 4 is 17.6 Å². The van der Waals surface area contributed by atoms with Gasteiger partial charge in [-0.15, -0.1) is 0 Å². The average Bonchev–Trinajstić information content (AvgIpc) is 2.26. The van der Waals surface area contributed by atoms with E-state index < -0.39 is 5.97 Å². The van der Waals surface area contributed by atoms with Gasteiger partial charge in [-0.05, 0) is 19.1 Å². The minimum atomic E-state index is -1.01. The predicted octanol–water partition coefficient (Wildman–Crippen LogP) is 0.851. The molecule has 1 aromatic carbocycles. The van der Waals surface area contributed by atoms with Gasteiger partial charge in [-0.2, -0.15) is 0 Å². The zero-order chi connectivity index (χ0) is 12.1. The van der Waals surface area contributed by atoms with Gasteiger partial charge in [0.25, 0.3) is 0 Å².